The molecule has 1 aromatic heterocycles. The number of hydrogen-bond acceptors (Lipinski definition) is 4. The molecule has 5 N–H and O–H groups in total. The molecule has 0 spiro atoms. The second-order valence-corrected chi connectivity index (χ2v) is 8.53. The molecule has 0 aliphatic heterocycles. The number of benzene rings is 3. The molecule has 8 heteroatoms. The molecule has 0 saturated heterocycles. The van der Waals surface area contributed by atoms with Gasteiger partial charge in [-0.3, -0.25) is 19.6 Å². The van der Waals surface area contributed by atoms with Gasteiger partial charge in [-0.25, -0.2) is 5.48 Å². The van der Waals surface area contributed by atoms with Gasteiger partial charge in [-0.15, -0.1) is 0 Å². The van der Waals surface area contributed by atoms with Gasteiger partial charge in [-0.1, -0.05) is 48.5 Å². The van der Waals surface area contributed by atoms with E-state index in [-0.39, 0.29) is 17.4 Å². The summed E-state index contributed by atoms with van der Waals surface area (Å²) in [6.07, 6.45) is 3.92. The highest BCUT2D eigenvalue weighted by Crippen LogP contribution is 2.20. The maximum Gasteiger partial charge on any atom is 0.274 e. The van der Waals surface area contributed by atoms with E-state index in [1.165, 1.54) is 12.1 Å². The normalized spacial score (nSPS) is 11.6. The number of nitrogens with one attached hydrogen (secondary N) is 4. The SMILES string of the molecule is O=C(CCCc1ccccc1)N[C@@H](Cc1c[nH]c2ccccc12)C(=O)Nc1ccc(C(=O)NO)cc1. The lowest BCUT2D eigenvalue weighted by atomic mass is 10.0. The van der Waals surface area contributed by atoms with Crippen LogP contribution >= 0.6 is 0 Å². The van der Waals surface area contributed by atoms with Crippen LogP contribution in [0.4, 0.5) is 5.69 Å². The van der Waals surface area contributed by atoms with Crippen LogP contribution in [0.1, 0.15) is 34.3 Å². The minimum Gasteiger partial charge on any atom is -0.361 e. The number of hydrogen-bond donors (Lipinski definition) is 5. The van der Waals surface area contributed by atoms with E-state index in [2.05, 4.69) is 15.6 Å². The maximum absolute atomic E-state index is 13.2. The second-order valence-electron chi connectivity index (χ2n) is 8.53. The molecule has 1 atom stereocenters. The van der Waals surface area contributed by atoms with Crippen LogP contribution in [-0.4, -0.2) is 34.0 Å². The zero-order chi connectivity index (χ0) is 25.3. The Kier molecular flexibility index (Phi) is 8.10. The van der Waals surface area contributed by atoms with Crippen LogP contribution in [-0.2, 0) is 22.4 Å². The van der Waals surface area contributed by atoms with E-state index >= 15 is 0 Å². The van der Waals surface area contributed by atoms with Crippen molar-refractivity contribution in [1.29, 1.82) is 0 Å². The Labute approximate surface area is 208 Å². The molecular weight excluding hydrogens is 456 g/mol. The number of carbonyl (C=O) groups excluding carboxylic acids is 3. The van der Waals surface area contributed by atoms with E-state index in [9.17, 15) is 14.4 Å². The highest BCUT2D eigenvalue weighted by Gasteiger charge is 2.23. The van der Waals surface area contributed by atoms with Gasteiger partial charge < -0.3 is 15.6 Å². The number of aromatic nitrogens is 1. The van der Waals surface area contributed by atoms with E-state index in [0.29, 0.717) is 24.9 Å². The molecule has 184 valence electrons. The average Bonchev–Trinajstić information content (AvgIpc) is 3.31. The lowest BCUT2D eigenvalue weighted by molar-refractivity contribution is -0.126. The molecule has 4 rings (SSSR count). The van der Waals surface area contributed by atoms with Gasteiger partial charge in [0.2, 0.25) is 11.8 Å². The fraction of sp³-hybridized carbons (Fsp3) is 0.179. The van der Waals surface area contributed by atoms with Crippen molar-refractivity contribution in [1.82, 2.24) is 15.8 Å². The van der Waals surface area contributed by atoms with Crippen molar-refractivity contribution in [2.24, 2.45) is 0 Å². The average molecular weight is 485 g/mol. The van der Waals surface area contributed by atoms with Crippen molar-refractivity contribution < 1.29 is 19.6 Å². The number of fused-ring (bicyclic) bond motifs is 1. The Balaban J connectivity index is 1.45. The summed E-state index contributed by atoms with van der Waals surface area (Å²) < 4.78 is 0. The second kappa shape index (κ2) is 11.8. The summed E-state index contributed by atoms with van der Waals surface area (Å²) in [7, 11) is 0. The molecule has 0 unspecified atom stereocenters. The Bertz CT molecular complexity index is 1330. The summed E-state index contributed by atoms with van der Waals surface area (Å²) in [6, 6.07) is 23.1. The van der Waals surface area contributed by atoms with Gasteiger partial charge in [0.05, 0.1) is 0 Å². The summed E-state index contributed by atoms with van der Waals surface area (Å²) in [5.41, 5.74) is 5.33. The maximum atomic E-state index is 13.2. The molecule has 0 aliphatic carbocycles. The molecule has 0 aliphatic rings. The Morgan fingerprint density at radius 2 is 1.61 bits per heavy atom. The van der Waals surface area contributed by atoms with Gasteiger partial charge in [-0.05, 0) is 54.3 Å². The van der Waals surface area contributed by atoms with Crippen LogP contribution in [0.15, 0.2) is 85.1 Å². The van der Waals surface area contributed by atoms with E-state index < -0.39 is 11.9 Å². The molecule has 1 heterocycles. The molecule has 0 radical (unpaired) electrons. The fourth-order valence-electron chi connectivity index (χ4n) is 4.09. The summed E-state index contributed by atoms with van der Waals surface area (Å²) in [6.45, 7) is 0. The lowest BCUT2D eigenvalue weighted by Gasteiger charge is -2.19. The number of anilines is 1. The van der Waals surface area contributed by atoms with E-state index in [1.807, 2.05) is 60.8 Å². The summed E-state index contributed by atoms with van der Waals surface area (Å²) in [5, 5.41) is 15.5. The van der Waals surface area contributed by atoms with Crippen LogP contribution in [0.5, 0.6) is 0 Å². The third kappa shape index (κ3) is 6.37. The van der Waals surface area contributed by atoms with Gasteiger partial charge in [-0.2, -0.15) is 0 Å². The third-order valence-electron chi connectivity index (χ3n) is 5.98. The van der Waals surface area contributed by atoms with Crippen molar-refractivity contribution in [2.75, 3.05) is 5.32 Å². The third-order valence-corrected chi connectivity index (χ3v) is 5.98. The zero-order valence-electron chi connectivity index (χ0n) is 19.7. The van der Waals surface area contributed by atoms with Crippen molar-refractivity contribution >= 4 is 34.3 Å². The van der Waals surface area contributed by atoms with Crippen molar-refractivity contribution in [3.63, 3.8) is 0 Å². The topological polar surface area (TPSA) is 123 Å². The van der Waals surface area contributed by atoms with Gasteiger partial charge in [0, 0.05) is 41.2 Å². The lowest BCUT2D eigenvalue weighted by Crippen LogP contribution is -2.45. The Morgan fingerprint density at radius 1 is 0.889 bits per heavy atom. The number of carbonyl (C=O) groups is 3. The van der Waals surface area contributed by atoms with Gasteiger partial charge in [0.15, 0.2) is 0 Å². The number of hydroxylamine groups is 1. The van der Waals surface area contributed by atoms with Crippen molar-refractivity contribution in [3.05, 3.63) is 102 Å². The first-order valence-electron chi connectivity index (χ1n) is 11.8. The van der Waals surface area contributed by atoms with Crippen LogP contribution in [0.3, 0.4) is 0 Å². The number of H-pyrrole nitrogens is 1. The van der Waals surface area contributed by atoms with E-state index in [4.69, 9.17) is 5.21 Å². The molecule has 0 saturated carbocycles. The van der Waals surface area contributed by atoms with Crippen LogP contribution in [0, 0.1) is 0 Å². The predicted octanol–water partition coefficient (Wildman–Crippen LogP) is 3.98. The van der Waals surface area contributed by atoms with Gasteiger partial charge in [0.1, 0.15) is 6.04 Å². The number of amides is 3. The number of para-hydroxylation sites is 1. The zero-order valence-corrected chi connectivity index (χ0v) is 19.7. The monoisotopic (exact) mass is 484 g/mol. The molecule has 0 bridgehead atoms. The number of aryl methyl sites for hydroxylation is 1. The minimum atomic E-state index is -0.797. The predicted molar refractivity (Wildman–Crippen MR) is 138 cm³/mol. The van der Waals surface area contributed by atoms with Gasteiger partial charge in [0.25, 0.3) is 5.91 Å². The van der Waals surface area contributed by atoms with Crippen LogP contribution in [0.2, 0.25) is 0 Å². The minimum absolute atomic E-state index is 0.194. The molecule has 36 heavy (non-hydrogen) atoms. The highest BCUT2D eigenvalue weighted by atomic mass is 16.5. The first-order valence-corrected chi connectivity index (χ1v) is 11.8. The van der Waals surface area contributed by atoms with Crippen molar-refractivity contribution in [3.8, 4) is 0 Å². The number of aromatic amines is 1. The first-order chi connectivity index (χ1) is 17.5. The highest BCUT2D eigenvalue weighted by molar-refractivity contribution is 5.99. The molecular formula is C28H28N4O4. The van der Waals surface area contributed by atoms with Crippen LogP contribution < -0.4 is 16.1 Å². The smallest absolute Gasteiger partial charge is 0.274 e. The Morgan fingerprint density at radius 3 is 2.36 bits per heavy atom. The molecule has 4 aromatic rings. The first kappa shape index (κ1) is 24.7. The standard InChI is InChI=1S/C28H28N4O4/c33-26(12-6-9-19-7-2-1-3-8-19)31-25(17-21-18-29-24-11-5-4-10-23(21)24)28(35)30-22-15-13-20(14-16-22)27(34)32-36/h1-5,7-8,10-11,13-16,18,25,29,36H,6,9,12,17H2,(H,30,35)(H,31,33)(H,32,34)/t25-/m0/s1. The largest absolute Gasteiger partial charge is 0.361 e. The molecule has 3 aromatic carbocycles. The fourth-order valence-corrected chi connectivity index (χ4v) is 4.09. The summed E-state index contributed by atoms with van der Waals surface area (Å²) in [4.78, 5) is 40.8. The quantitative estimate of drug-likeness (QED) is 0.173. The summed E-state index contributed by atoms with van der Waals surface area (Å²) >= 11 is 0. The Hall–Kier alpha value is -4.43. The number of rotatable bonds is 10. The van der Waals surface area contributed by atoms with Crippen LogP contribution in [0.25, 0.3) is 10.9 Å². The molecule has 8 nitrogen and oxygen atoms in total. The van der Waals surface area contributed by atoms with Crippen molar-refractivity contribution in [2.45, 2.75) is 31.7 Å². The van der Waals surface area contributed by atoms with Gasteiger partial charge >= 0.3 is 0 Å². The van der Waals surface area contributed by atoms with E-state index in [1.54, 1.807) is 17.6 Å². The summed E-state index contributed by atoms with van der Waals surface area (Å²) in [5.74, 6) is -1.20. The van der Waals surface area contributed by atoms with E-state index in [0.717, 1.165) is 28.5 Å². The molecule has 0 fully saturated rings. The molecule has 3 amide bonds.